The quantitative estimate of drug-likeness (QED) is 0.112. The number of Topliss-reactive ketones (excluding diaryl/α,β-unsaturated/α-hetero) is 2. The summed E-state index contributed by atoms with van der Waals surface area (Å²) in [6.07, 6.45) is 2.22. The Hall–Kier alpha value is -5.20. The fourth-order valence-electron chi connectivity index (χ4n) is 4.88. The zero-order chi connectivity index (χ0) is 31.8. The maximum atomic E-state index is 11.7. The van der Waals surface area contributed by atoms with Gasteiger partial charge in [-0.3, -0.25) is 9.59 Å². The molecule has 0 aromatic heterocycles. The molecule has 0 aliphatic heterocycles. The Bertz CT molecular complexity index is 1720. The van der Waals surface area contributed by atoms with Gasteiger partial charge < -0.3 is 9.84 Å². The Labute approximate surface area is 267 Å². The van der Waals surface area contributed by atoms with E-state index < -0.39 is 5.97 Å². The van der Waals surface area contributed by atoms with Crippen LogP contribution in [0.1, 0.15) is 45.7 Å². The molecule has 0 saturated heterocycles. The zero-order valence-electron chi connectivity index (χ0n) is 25.0. The van der Waals surface area contributed by atoms with Crippen LogP contribution in [0.2, 0.25) is 0 Å². The summed E-state index contributed by atoms with van der Waals surface area (Å²) >= 11 is 1.68. The highest BCUT2D eigenvalue weighted by molar-refractivity contribution is 7.99. The Morgan fingerprint density at radius 1 is 0.578 bits per heavy atom. The molecular formula is C39H32O5S. The number of ketones is 2. The van der Waals surface area contributed by atoms with Gasteiger partial charge in [0.2, 0.25) is 0 Å². The number of rotatable bonds is 12. The Balaban J connectivity index is 1.39. The van der Waals surface area contributed by atoms with Crippen molar-refractivity contribution in [3.8, 4) is 28.0 Å². The number of aliphatic carboxylic acids is 1. The number of ether oxygens (including phenoxy) is 1. The van der Waals surface area contributed by atoms with Crippen LogP contribution in [-0.4, -0.2) is 35.0 Å². The molecule has 1 N–H and O–H groups in total. The van der Waals surface area contributed by atoms with Crippen molar-refractivity contribution in [1.29, 1.82) is 0 Å². The third kappa shape index (κ3) is 8.25. The van der Waals surface area contributed by atoms with E-state index in [0.29, 0.717) is 22.6 Å². The van der Waals surface area contributed by atoms with Gasteiger partial charge in [-0.25, -0.2) is 4.79 Å². The van der Waals surface area contributed by atoms with Gasteiger partial charge in [-0.2, -0.15) is 0 Å². The first-order chi connectivity index (χ1) is 21.8. The fraction of sp³-hybridized carbons (Fsp3) is 0.103. The van der Waals surface area contributed by atoms with Gasteiger partial charge in [-0.05, 0) is 77.1 Å². The summed E-state index contributed by atoms with van der Waals surface area (Å²) in [4.78, 5) is 35.2. The van der Waals surface area contributed by atoms with E-state index in [0.717, 1.165) is 43.8 Å². The van der Waals surface area contributed by atoms with Crippen LogP contribution < -0.4 is 4.74 Å². The molecule has 6 heteroatoms. The van der Waals surface area contributed by atoms with E-state index in [1.807, 2.05) is 60.7 Å². The van der Waals surface area contributed by atoms with Gasteiger partial charge in [-0.1, -0.05) is 103 Å². The molecule has 0 aliphatic carbocycles. The first kappa shape index (κ1) is 31.2. The Morgan fingerprint density at radius 2 is 0.956 bits per heavy atom. The van der Waals surface area contributed by atoms with E-state index in [1.165, 1.54) is 0 Å². The topological polar surface area (TPSA) is 80.7 Å². The lowest BCUT2D eigenvalue weighted by molar-refractivity contribution is -0.139. The molecule has 5 rings (SSSR count). The smallest absolute Gasteiger partial charge is 0.341 e. The first-order valence-corrected chi connectivity index (χ1v) is 15.5. The van der Waals surface area contributed by atoms with E-state index in [2.05, 4.69) is 54.6 Å². The second-order valence-corrected chi connectivity index (χ2v) is 11.6. The fourth-order valence-corrected chi connectivity index (χ4v) is 5.65. The summed E-state index contributed by atoms with van der Waals surface area (Å²) in [6.45, 7) is 2.76. The molecule has 0 radical (unpaired) electrons. The highest BCUT2D eigenvalue weighted by atomic mass is 32.2. The Kier molecular flexibility index (Phi) is 10.1. The van der Waals surface area contributed by atoms with Crippen LogP contribution in [0.5, 0.6) is 5.75 Å². The normalized spacial score (nSPS) is 10.6. The van der Waals surface area contributed by atoms with Gasteiger partial charge in [-0.15, -0.1) is 11.8 Å². The third-order valence-corrected chi connectivity index (χ3v) is 8.30. The highest BCUT2D eigenvalue weighted by Crippen LogP contribution is 2.31. The standard InChI is InChI=1S/C39H32O5S/c1-26(40)28-3-7-30(8-4-28)32-11-15-34(16-12-32)38(23-24-45-37-21-19-36(20-22-37)44-25-39(42)43)35-17-13-33(14-18-35)31-9-5-29(6-10-31)27(2)41/h3-23H,24-25H2,1-2H3,(H,42,43). The lowest BCUT2D eigenvalue weighted by Gasteiger charge is -2.12. The van der Waals surface area contributed by atoms with E-state index >= 15 is 0 Å². The van der Waals surface area contributed by atoms with Crippen LogP contribution in [0.4, 0.5) is 0 Å². The number of carboxylic acid groups (broad SMARTS) is 1. The maximum Gasteiger partial charge on any atom is 0.341 e. The second-order valence-electron chi connectivity index (χ2n) is 10.5. The van der Waals surface area contributed by atoms with Crippen molar-refractivity contribution in [3.05, 3.63) is 150 Å². The van der Waals surface area contributed by atoms with Crippen LogP contribution in [0.25, 0.3) is 27.8 Å². The van der Waals surface area contributed by atoms with E-state index in [4.69, 9.17) is 9.84 Å². The molecule has 0 spiro atoms. The van der Waals surface area contributed by atoms with Crippen LogP contribution in [0.15, 0.2) is 132 Å². The van der Waals surface area contributed by atoms with Gasteiger partial charge in [0.1, 0.15) is 5.75 Å². The van der Waals surface area contributed by atoms with Gasteiger partial charge >= 0.3 is 5.97 Å². The lowest BCUT2D eigenvalue weighted by Crippen LogP contribution is -2.09. The number of thioether (sulfide) groups is 1. The predicted octanol–water partition coefficient (Wildman–Crippen LogP) is 9.11. The van der Waals surface area contributed by atoms with Crippen molar-refractivity contribution in [2.45, 2.75) is 18.7 Å². The van der Waals surface area contributed by atoms with Crippen molar-refractivity contribution >= 4 is 34.9 Å². The number of carbonyl (C=O) groups excluding carboxylic acids is 2. The van der Waals surface area contributed by atoms with E-state index in [1.54, 1.807) is 37.7 Å². The minimum absolute atomic E-state index is 0.0473. The van der Waals surface area contributed by atoms with Crippen molar-refractivity contribution in [3.63, 3.8) is 0 Å². The summed E-state index contributed by atoms with van der Waals surface area (Å²) in [5, 5.41) is 8.83. The molecule has 0 atom stereocenters. The van der Waals surface area contributed by atoms with E-state index in [9.17, 15) is 14.4 Å². The van der Waals surface area contributed by atoms with Crippen LogP contribution in [-0.2, 0) is 4.79 Å². The third-order valence-electron chi connectivity index (χ3n) is 7.36. The molecule has 0 unspecified atom stereocenters. The summed E-state index contributed by atoms with van der Waals surface area (Å²) < 4.78 is 5.25. The van der Waals surface area contributed by atoms with Crippen LogP contribution in [0.3, 0.4) is 0 Å². The van der Waals surface area contributed by atoms with Crippen LogP contribution >= 0.6 is 11.8 Å². The molecular weight excluding hydrogens is 580 g/mol. The molecule has 5 aromatic carbocycles. The summed E-state index contributed by atoms with van der Waals surface area (Å²) in [7, 11) is 0. The van der Waals surface area contributed by atoms with Gasteiger partial charge in [0.25, 0.3) is 0 Å². The molecule has 5 nitrogen and oxygen atoms in total. The molecule has 45 heavy (non-hydrogen) atoms. The molecule has 0 amide bonds. The molecule has 5 aromatic rings. The van der Waals surface area contributed by atoms with Gasteiger partial charge in [0.05, 0.1) is 0 Å². The van der Waals surface area contributed by atoms with Gasteiger partial charge in [0.15, 0.2) is 18.2 Å². The van der Waals surface area contributed by atoms with Crippen molar-refractivity contribution in [2.75, 3.05) is 12.4 Å². The molecule has 224 valence electrons. The minimum atomic E-state index is -1.01. The highest BCUT2D eigenvalue weighted by Gasteiger charge is 2.09. The molecule has 0 saturated carbocycles. The zero-order valence-corrected chi connectivity index (χ0v) is 25.8. The summed E-state index contributed by atoms with van der Waals surface area (Å²) in [6, 6.07) is 39.6. The first-order valence-electron chi connectivity index (χ1n) is 14.5. The predicted molar refractivity (Wildman–Crippen MR) is 181 cm³/mol. The minimum Gasteiger partial charge on any atom is -0.482 e. The molecule has 0 bridgehead atoms. The number of carbonyl (C=O) groups is 3. The lowest BCUT2D eigenvalue weighted by atomic mass is 9.93. The second kappa shape index (κ2) is 14.5. The maximum absolute atomic E-state index is 11.7. The molecule has 0 heterocycles. The molecule has 0 aliphatic rings. The number of hydrogen-bond donors (Lipinski definition) is 1. The van der Waals surface area contributed by atoms with Gasteiger partial charge in [0, 0.05) is 21.8 Å². The van der Waals surface area contributed by atoms with E-state index in [-0.39, 0.29) is 18.2 Å². The number of hydrogen-bond acceptors (Lipinski definition) is 5. The molecule has 0 fully saturated rings. The number of carboxylic acids is 1. The van der Waals surface area contributed by atoms with Crippen molar-refractivity contribution in [1.82, 2.24) is 0 Å². The van der Waals surface area contributed by atoms with Crippen molar-refractivity contribution < 1.29 is 24.2 Å². The average molecular weight is 613 g/mol. The summed E-state index contributed by atoms with van der Waals surface area (Å²) in [5.41, 5.74) is 8.87. The van der Waals surface area contributed by atoms with Crippen molar-refractivity contribution in [2.24, 2.45) is 0 Å². The summed E-state index contributed by atoms with van der Waals surface area (Å²) in [5.74, 6) is 0.318. The monoisotopic (exact) mass is 612 g/mol. The SMILES string of the molecule is CC(=O)c1ccc(-c2ccc(C(=CCSc3ccc(OCC(=O)O)cc3)c3ccc(-c4ccc(C(C)=O)cc4)cc3)cc2)cc1. The average Bonchev–Trinajstić information content (AvgIpc) is 3.06. The van der Waals surface area contributed by atoms with Crippen LogP contribution in [0, 0.1) is 0 Å². The number of benzene rings is 5. The Morgan fingerprint density at radius 3 is 1.31 bits per heavy atom. The largest absolute Gasteiger partial charge is 0.482 e.